The zero-order chi connectivity index (χ0) is 13.1. The van der Waals surface area contributed by atoms with Crippen molar-refractivity contribution >= 4 is 11.7 Å². The van der Waals surface area contributed by atoms with E-state index in [-0.39, 0.29) is 0 Å². The lowest BCUT2D eigenvalue weighted by molar-refractivity contribution is 0.0525. The molecule has 0 spiro atoms. The van der Waals surface area contributed by atoms with Gasteiger partial charge >= 0.3 is 5.97 Å². The average Bonchev–Trinajstić information content (AvgIpc) is 2.72. The largest absolute Gasteiger partial charge is 0.462 e. The number of aromatic nitrogens is 1. The zero-order valence-electron chi connectivity index (χ0n) is 10.3. The lowest BCUT2D eigenvalue weighted by Crippen LogP contribution is -2.06. The molecule has 0 saturated heterocycles. The van der Waals surface area contributed by atoms with E-state index in [1.807, 2.05) is 0 Å². The van der Waals surface area contributed by atoms with Crippen molar-refractivity contribution in [3.05, 3.63) is 35.6 Å². The van der Waals surface area contributed by atoms with Crippen LogP contribution in [0, 0.1) is 6.92 Å². The molecule has 2 N–H and O–H groups in total. The molecular formula is C13H14N2O3. The van der Waals surface area contributed by atoms with Crippen molar-refractivity contribution in [3.8, 4) is 11.3 Å². The molecule has 18 heavy (non-hydrogen) atoms. The molecule has 0 atom stereocenters. The Labute approximate surface area is 105 Å². The van der Waals surface area contributed by atoms with E-state index in [9.17, 15) is 4.79 Å². The maximum atomic E-state index is 11.8. The van der Waals surface area contributed by atoms with Gasteiger partial charge in [-0.2, -0.15) is 0 Å². The van der Waals surface area contributed by atoms with Gasteiger partial charge < -0.3 is 15.0 Å². The van der Waals surface area contributed by atoms with Crippen LogP contribution in [-0.4, -0.2) is 17.7 Å². The number of nitrogens with two attached hydrogens (primary N) is 1. The average molecular weight is 246 g/mol. The molecule has 94 valence electrons. The number of nitrogens with zero attached hydrogens (tertiary/aromatic N) is 1. The van der Waals surface area contributed by atoms with Crippen molar-refractivity contribution < 1.29 is 14.1 Å². The number of rotatable bonds is 3. The summed E-state index contributed by atoms with van der Waals surface area (Å²) in [6, 6.07) is 7.06. The van der Waals surface area contributed by atoms with Crippen LogP contribution < -0.4 is 5.73 Å². The van der Waals surface area contributed by atoms with Crippen LogP contribution >= 0.6 is 0 Å². The Balaban J connectivity index is 2.45. The zero-order valence-corrected chi connectivity index (χ0v) is 10.3. The van der Waals surface area contributed by atoms with Crippen molar-refractivity contribution in [1.29, 1.82) is 0 Å². The number of nitrogen functional groups attached to an aromatic ring is 1. The molecule has 2 rings (SSSR count). The van der Waals surface area contributed by atoms with Gasteiger partial charge in [0.1, 0.15) is 17.0 Å². The third-order valence-electron chi connectivity index (χ3n) is 2.53. The van der Waals surface area contributed by atoms with E-state index in [1.54, 1.807) is 38.1 Å². The SMILES string of the molecule is CCOC(=O)c1c(-c2ccc(N)cc2)noc1C. The van der Waals surface area contributed by atoms with Crippen LogP contribution in [0.3, 0.4) is 0 Å². The topological polar surface area (TPSA) is 78.4 Å². The fourth-order valence-electron chi connectivity index (χ4n) is 1.65. The first-order valence-corrected chi connectivity index (χ1v) is 5.62. The first-order valence-electron chi connectivity index (χ1n) is 5.62. The minimum atomic E-state index is -0.428. The third kappa shape index (κ3) is 2.20. The van der Waals surface area contributed by atoms with Gasteiger partial charge in [0.2, 0.25) is 0 Å². The summed E-state index contributed by atoms with van der Waals surface area (Å²) in [5.74, 6) is 0.0170. The van der Waals surface area contributed by atoms with Crippen molar-refractivity contribution in [2.75, 3.05) is 12.3 Å². The smallest absolute Gasteiger partial charge is 0.344 e. The number of benzene rings is 1. The van der Waals surface area contributed by atoms with Crippen LogP contribution in [0.2, 0.25) is 0 Å². The van der Waals surface area contributed by atoms with Gasteiger partial charge in [0, 0.05) is 11.3 Å². The monoisotopic (exact) mass is 246 g/mol. The van der Waals surface area contributed by atoms with Gasteiger partial charge in [0.25, 0.3) is 0 Å². The van der Waals surface area contributed by atoms with Gasteiger partial charge in [-0.3, -0.25) is 0 Å². The second-order valence-electron chi connectivity index (χ2n) is 3.80. The standard InChI is InChI=1S/C13H14N2O3/c1-3-17-13(16)11-8(2)18-15-12(11)9-4-6-10(14)7-5-9/h4-7H,3,14H2,1-2H3. The summed E-state index contributed by atoms with van der Waals surface area (Å²) in [5.41, 5.74) is 7.88. The van der Waals surface area contributed by atoms with E-state index in [0.717, 1.165) is 5.56 Å². The van der Waals surface area contributed by atoms with E-state index < -0.39 is 5.97 Å². The fraction of sp³-hybridized carbons (Fsp3) is 0.231. The number of aryl methyl sites for hydroxylation is 1. The molecule has 0 aliphatic rings. The summed E-state index contributed by atoms with van der Waals surface area (Å²) in [6.45, 7) is 3.74. The van der Waals surface area contributed by atoms with Crippen molar-refractivity contribution in [2.24, 2.45) is 0 Å². The lowest BCUT2D eigenvalue weighted by atomic mass is 10.1. The highest BCUT2D eigenvalue weighted by atomic mass is 16.5. The Morgan fingerprint density at radius 2 is 2.06 bits per heavy atom. The number of ether oxygens (including phenoxy) is 1. The first-order chi connectivity index (χ1) is 8.63. The molecule has 5 heteroatoms. The quantitative estimate of drug-likeness (QED) is 0.664. The lowest BCUT2D eigenvalue weighted by Gasteiger charge is -2.02. The van der Waals surface area contributed by atoms with Crippen LogP contribution in [0.5, 0.6) is 0 Å². The van der Waals surface area contributed by atoms with E-state index >= 15 is 0 Å². The molecule has 1 heterocycles. The molecule has 2 aromatic rings. The maximum absolute atomic E-state index is 11.8. The molecule has 0 aliphatic heterocycles. The molecule has 0 aliphatic carbocycles. The van der Waals surface area contributed by atoms with Gasteiger partial charge in [0.15, 0.2) is 0 Å². The first kappa shape index (κ1) is 12.2. The molecular weight excluding hydrogens is 232 g/mol. The van der Waals surface area contributed by atoms with Crippen LogP contribution in [0.1, 0.15) is 23.0 Å². The van der Waals surface area contributed by atoms with Gasteiger partial charge in [-0.05, 0) is 26.0 Å². The van der Waals surface area contributed by atoms with E-state index in [4.69, 9.17) is 15.0 Å². The fourth-order valence-corrected chi connectivity index (χ4v) is 1.65. The van der Waals surface area contributed by atoms with Gasteiger partial charge in [-0.25, -0.2) is 4.79 Å². The predicted molar refractivity (Wildman–Crippen MR) is 67.0 cm³/mol. The number of anilines is 1. The van der Waals surface area contributed by atoms with E-state index in [2.05, 4.69) is 5.16 Å². The highest BCUT2D eigenvalue weighted by Gasteiger charge is 2.22. The molecule has 0 saturated carbocycles. The summed E-state index contributed by atoms with van der Waals surface area (Å²) >= 11 is 0. The van der Waals surface area contributed by atoms with Crippen molar-refractivity contribution in [3.63, 3.8) is 0 Å². The highest BCUT2D eigenvalue weighted by molar-refractivity contribution is 5.97. The number of carbonyl (C=O) groups excluding carboxylic acids is 1. The minimum Gasteiger partial charge on any atom is -0.462 e. The molecule has 0 unspecified atom stereocenters. The molecule has 0 radical (unpaired) electrons. The summed E-state index contributed by atoms with van der Waals surface area (Å²) < 4.78 is 10.1. The second-order valence-corrected chi connectivity index (χ2v) is 3.80. The molecule has 1 aromatic heterocycles. The number of hydrogen-bond donors (Lipinski definition) is 1. The number of hydrogen-bond acceptors (Lipinski definition) is 5. The summed E-state index contributed by atoms with van der Waals surface area (Å²) in [4.78, 5) is 11.8. The molecule has 0 fully saturated rings. The Bertz CT molecular complexity index is 558. The Kier molecular flexibility index (Phi) is 3.32. The van der Waals surface area contributed by atoms with Gasteiger partial charge in [0.05, 0.1) is 6.61 Å². The third-order valence-corrected chi connectivity index (χ3v) is 2.53. The van der Waals surface area contributed by atoms with Crippen molar-refractivity contribution in [2.45, 2.75) is 13.8 Å². The van der Waals surface area contributed by atoms with Crippen LogP contribution in [0.4, 0.5) is 5.69 Å². The van der Waals surface area contributed by atoms with E-state index in [0.29, 0.717) is 29.3 Å². The molecule has 5 nitrogen and oxygen atoms in total. The van der Waals surface area contributed by atoms with Gasteiger partial charge in [-0.1, -0.05) is 17.3 Å². The minimum absolute atomic E-state index is 0.310. The number of esters is 1. The predicted octanol–water partition coefficient (Wildman–Crippen LogP) is 2.41. The van der Waals surface area contributed by atoms with Crippen LogP contribution in [0.15, 0.2) is 28.8 Å². The highest BCUT2D eigenvalue weighted by Crippen LogP contribution is 2.26. The Morgan fingerprint density at radius 3 is 2.67 bits per heavy atom. The second kappa shape index (κ2) is 4.91. The molecule has 0 bridgehead atoms. The Hall–Kier alpha value is -2.30. The van der Waals surface area contributed by atoms with Gasteiger partial charge in [-0.15, -0.1) is 0 Å². The Morgan fingerprint density at radius 1 is 1.39 bits per heavy atom. The number of carbonyl (C=O) groups is 1. The summed E-state index contributed by atoms with van der Waals surface area (Å²) in [7, 11) is 0. The van der Waals surface area contributed by atoms with Crippen LogP contribution in [0.25, 0.3) is 11.3 Å². The van der Waals surface area contributed by atoms with Crippen molar-refractivity contribution in [1.82, 2.24) is 5.16 Å². The van der Waals surface area contributed by atoms with Crippen LogP contribution in [-0.2, 0) is 4.74 Å². The summed E-state index contributed by atoms with van der Waals surface area (Å²) in [6.07, 6.45) is 0. The maximum Gasteiger partial charge on any atom is 0.344 e. The summed E-state index contributed by atoms with van der Waals surface area (Å²) in [5, 5.41) is 3.90. The molecule has 1 aromatic carbocycles. The normalized spacial score (nSPS) is 10.3. The molecule has 0 amide bonds. The van der Waals surface area contributed by atoms with E-state index in [1.165, 1.54) is 0 Å².